The molecule has 6 nitrogen and oxygen atoms in total. The van der Waals surface area contributed by atoms with Crippen molar-refractivity contribution in [2.45, 2.75) is 52.5 Å². The normalized spacial score (nSPS) is 19.9. The Bertz CT molecular complexity index is 1040. The van der Waals surface area contributed by atoms with E-state index in [2.05, 4.69) is 23.6 Å². The van der Waals surface area contributed by atoms with Gasteiger partial charge in [0.25, 0.3) is 5.91 Å². The average molecular weight is 470 g/mol. The number of piperidine rings is 2. The van der Waals surface area contributed by atoms with E-state index in [1.54, 1.807) is 0 Å². The molecule has 0 saturated carbocycles. The fourth-order valence-corrected chi connectivity index (χ4v) is 5.25. The number of carbonyl (C=O) groups is 1. The Morgan fingerprint density at radius 2 is 1.47 bits per heavy atom. The summed E-state index contributed by atoms with van der Waals surface area (Å²) in [6.07, 6.45) is 5.01. The number of amides is 1. The van der Waals surface area contributed by atoms with E-state index in [0.29, 0.717) is 18.9 Å². The summed E-state index contributed by atoms with van der Waals surface area (Å²) in [6, 6.07) is 3.53. The lowest BCUT2D eigenvalue weighted by atomic mass is 9.97. The summed E-state index contributed by atoms with van der Waals surface area (Å²) in [6.45, 7) is 8.94. The number of anilines is 2. The van der Waals surface area contributed by atoms with Gasteiger partial charge >= 0.3 is 0 Å². The first-order valence-corrected chi connectivity index (χ1v) is 12.5. The minimum absolute atomic E-state index is 0.265. The molecule has 0 N–H and O–H groups in total. The molecule has 8 heteroatoms. The van der Waals surface area contributed by atoms with Gasteiger partial charge in [-0.2, -0.15) is 4.98 Å². The van der Waals surface area contributed by atoms with Crippen LogP contribution >= 0.6 is 0 Å². The van der Waals surface area contributed by atoms with E-state index < -0.39 is 23.1 Å². The van der Waals surface area contributed by atoms with Crippen molar-refractivity contribution in [1.29, 1.82) is 0 Å². The van der Waals surface area contributed by atoms with Crippen LogP contribution in [0.3, 0.4) is 0 Å². The maximum Gasteiger partial charge on any atom is 0.260 e. The number of carbonyl (C=O) groups excluding carboxylic acids is 1. The molecule has 2 saturated heterocycles. The molecule has 182 valence electrons. The van der Waals surface area contributed by atoms with Crippen molar-refractivity contribution in [3.63, 3.8) is 0 Å². The van der Waals surface area contributed by atoms with Gasteiger partial charge in [-0.3, -0.25) is 4.79 Å². The molecule has 5 rings (SSSR count). The van der Waals surface area contributed by atoms with Gasteiger partial charge in [0.1, 0.15) is 23.0 Å². The molecule has 0 spiro atoms. The molecule has 3 aliphatic heterocycles. The number of hydrogen-bond donors (Lipinski definition) is 0. The van der Waals surface area contributed by atoms with Crippen LogP contribution < -0.4 is 9.80 Å². The molecular formula is C26H33F2N5O. The van der Waals surface area contributed by atoms with E-state index >= 15 is 0 Å². The van der Waals surface area contributed by atoms with Gasteiger partial charge in [-0.05, 0) is 49.7 Å². The third kappa shape index (κ3) is 4.46. The second-order valence-corrected chi connectivity index (χ2v) is 10.2. The van der Waals surface area contributed by atoms with E-state index in [0.717, 1.165) is 92.9 Å². The van der Waals surface area contributed by atoms with Gasteiger partial charge < -0.3 is 14.7 Å². The molecule has 3 aliphatic rings. The molecule has 1 aromatic heterocycles. The van der Waals surface area contributed by atoms with Crippen molar-refractivity contribution >= 4 is 17.7 Å². The van der Waals surface area contributed by atoms with Crippen LogP contribution in [0.15, 0.2) is 18.2 Å². The summed E-state index contributed by atoms with van der Waals surface area (Å²) in [5.74, 6) is 0.790. The van der Waals surface area contributed by atoms with E-state index in [-0.39, 0.29) is 6.54 Å². The topological polar surface area (TPSA) is 52.6 Å². The first-order valence-electron chi connectivity index (χ1n) is 12.5. The van der Waals surface area contributed by atoms with E-state index in [4.69, 9.17) is 9.97 Å². The molecule has 0 atom stereocenters. The number of aromatic nitrogens is 2. The lowest BCUT2D eigenvalue weighted by molar-refractivity contribution is 0.0723. The lowest BCUT2D eigenvalue weighted by Gasteiger charge is -2.37. The highest BCUT2D eigenvalue weighted by Crippen LogP contribution is 2.33. The highest BCUT2D eigenvalue weighted by molar-refractivity contribution is 5.95. The Morgan fingerprint density at radius 3 is 2.09 bits per heavy atom. The highest BCUT2D eigenvalue weighted by Gasteiger charge is 2.32. The molecule has 2 fully saturated rings. The molecule has 0 aliphatic carbocycles. The molecule has 34 heavy (non-hydrogen) atoms. The standard InChI is InChI=1S/C26H33F2N5O/c1-17-6-11-31(12-7-17)24-19-16-33(25(34)23-20(27)4-3-5-21(23)28)15-10-22(19)29-26(30-24)32-13-8-18(2)9-14-32/h3-5,17-18H,6-16H2,1-2H3. The second kappa shape index (κ2) is 9.47. The molecule has 1 aromatic carbocycles. The number of halogens is 2. The summed E-state index contributed by atoms with van der Waals surface area (Å²) in [7, 11) is 0. The Hall–Kier alpha value is -2.77. The predicted molar refractivity (Wildman–Crippen MR) is 128 cm³/mol. The average Bonchev–Trinajstić information content (AvgIpc) is 2.84. The number of nitrogens with zero attached hydrogens (tertiary/aromatic N) is 5. The third-order valence-electron chi connectivity index (χ3n) is 7.64. The minimum Gasteiger partial charge on any atom is -0.356 e. The van der Waals surface area contributed by atoms with Gasteiger partial charge in [0.15, 0.2) is 0 Å². The highest BCUT2D eigenvalue weighted by atomic mass is 19.1. The van der Waals surface area contributed by atoms with Crippen molar-refractivity contribution < 1.29 is 13.6 Å². The van der Waals surface area contributed by atoms with Crippen LogP contribution in [0.25, 0.3) is 0 Å². The molecule has 0 unspecified atom stereocenters. The Morgan fingerprint density at radius 1 is 0.882 bits per heavy atom. The van der Waals surface area contributed by atoms with E-state index in [1.165, 1.54) is 11.0 Å². The quantitative estimate of drug-likeness (QED) is 0.666. The van der Waals surface area contributed by atoms with Gasteiger partial charge in [0.2, 0.25) is 5.95 Å². The zero-order chi connectivity index (χ0) is 23.8. The first-order chi connectivity index (χ1) is 16.4. The van der Waals surface area contributed by atoms with Crippen LogP contribution in [0, 0.1) is 23.5 Å². The number of hydrogen-bond acceptors (Lipinski definition) is 5. The largest absolute Gasteiger partial charge is 0.356 e. The van der Waals surface area contributed by atoms with Crippen LogP contribution in [-0.2, 0) is 13.0 Å². The number of rotatable bonds is 3. The Labute approximate surface area is 200 Å². The smallest absolute Gasteiger partial charge is 0.260 e. The summed E-state index contributed by atoms with van der Waals surface area (Å²) in [5, 5.41) is 0. The molecule has 4 heterocycles. The van der Waals surface area contributed by atoms with Crippen LogP contribution in [-0.4, -0.2) is 53.5 Å². The maximum absolute atomic E-state index is 14.3. The monoisotopic (exact) mass is 469 g/mol. The van der Waals surface area contributed by atoms with Crippen molar-refractivity contribution in [3.8, 4) is 0 Å². The summed E-state index contributed by atoms with van der Waals surface area (Å²) in [5.41, 5.74) is 1.38. The predicted octanol–water partition coefficient (Wildman–Crippen LogP) is 4.43. The van der Waals surface area contributed by atoms with Crippen molar-refractivity contribution in [2.75, 3.05) is 42.5 Å². The first kappa shape index (κ1) is 23.0. The van der Waals surface area contributed by atoms with E-state index in [1.807, 2.05) is 0 Å². The number of fused-ring (bicyclic) bond motifs is 1. The summed E-state index contributed by atoms with van der Waals surface area (Å²) >= 11 is 0. The fraction of sp³-hybridized carbons (Fsp3) is 0.577. The summed E-state index contributed by atoms with van der Waals surface area (Å²) < 4.78 is 28.6. The van der Waals surface area contributed by atoms with Gasteiger partial charge in [-0.15, -0.1) is 0 Å². The molecule has 0 bridgehead atoms. The molecular weight excluding hydrogens is 436 g/mol. The van der Waals surface area contributed by atoms with Gasteiger partial charge in [0, 0.05) is 44.7 Å². The Balaban J connectivity index is 1.48. The zero-order valence-electron chi connectivity index (χ0n) is 20.1. The van der Waals surface area contributed by atoms with Crippen LogP contribution in [0.4, 0.5) is 20.5 Å². The van der Waals surface area contributed by atoms with Crippen molar-refractivity contribution in [1.82, 2.24) is 14.9 Å². The van der Waals surface area contributed by atoms with Gasteiger partial charge in [0.05, 0.1) is 12.2 Å². The zero-order valence-corrected chi connectivity index (χ0v) is 20.1. The second-order valence-electron chi connectivity index (χ2n) is 10.2. The van der Waals surface area contributed by atoms with Crippen LogP contribution in [0.5, 0.6) is 0 Å². The summed E-state index contributed by atoms with van der Waals surface area (Å²) in [4.78, 5) is 29.2. The minimum atomic E-state index is -0.827. The van der Waals surface area contributed by atoms with Gasteiger partial charge in [-0.25, -0.2) is 13.8 Å². The van der Waals surface area contributed by atoms with Crippen LogP contribution in [0.2, 0.25) is 0 Å². The van der Waals surface area contributed by atoms with E-state index in [9.17, 15) is 13.6 Å². The molecule has 0 radical (unpaired) electrons. The number of benzene rings is 1. The molecule has 2 aromatic rings. The third-order valence-corrected chi connectivity index (χ3v) is 7.64. The Kier molecular flexibility index (Phi) is 6.40. The fourth-order valence-electron chi connectivity index (χ4n) is 5.25. The maximum atomic E-state index is 14.3. The van der Waals surface area contributed by atoms with Crippen LogP contribution in [0.1, 0.15) is 61.1 Å². The van der Waals surface area contributed by atoms with Crippen molar-refractivity contribution in [2.24, 2.45) is 11.8 Å². The lowest BCUT2D eigenvalue weighted by Crippen LogP contribution is -2.41. The van der Waals surface area contributed by atoms with Crippen molar-refractivity contribution in [3.05, 3.63) is 46.7 Å². The van der Waals surface area contributed by atoms with Gasteiger partial charge in [-0.1, -0.05) is 19.9 Å². The SMILES string of the molecule is CC1CCN(c2nc3c(c(N4CCC(C)CC4)n2)CN(C(=O)c2c(F)cccc2F)CC3)CC1. The molecule has 1 amide bonds.